The first kappa shape index (κ1) is 20.8. The van der Waals surface area contributed by atoms with Gasteiger partial charge in [-0.3, -0.25) is 4.79 Å². The number of carbonyl (C=O) groups is 1. The normalized spacial score (nSPS) is 24.1. The van der Waals surface area contributed by atoms with Crippen LogP contribution in [0.15, 0.2) is 42.5 Å². The average Bonchev–Trinajstić information content (AvgIpc) is 3.58. The number of amides is 1. The Kier molecular flexibility index (Phi) is 5.88. The van der Waals surface area contributed by atoms with Gasteiger partial charge in [-0.15, -0.1) is 0 Å². The van der Waals surface area contributed by atoms with Gasteiger partial charge >= 0.3 is 0 Å². The van der Waals surface area contributed by atoms with E-state index in [1.54, 1.807) is 0 Å². The molecule has 2 fully saturated rings. The number of rotatable bonds is 5. The second kappa shape index (κ2) is 8.78. The molecule has 2 aliphatic heterocycles. The summed E-state index contributed by atoms with van der Waals surface area (Å²) < 4.78 is 0. The van der Waals surface area contributed by atoms with E-state index in [1.165, 1.54) is 53.7 Å². The fourth-order valence-corrected chi connectivity index (χ4v) is 5.49. The van der Waals surface area contributed by atoms with E-state index in [0.717, 1.165) is 44.8 Å². The number of benzene rings is 2. The monoisotopic (exact) mass is 416 g/mol. The van der Waals surface area contributed by atoms with Crippen molar-refractivity contribution in [3.8, 4) is 11.1 Å². The summed E-state index contributed by atoms with van der Waals surface area (Å²) in [6.45, 7) is 8.80. The zero-order valence-corrected chi connectivity index (χ0v) is 19.1. The molecule has 0 N–H and O–H groups in total. The van der Waals surface area contributed by atoms with E-state index in [9.17, 15) is 4.79 Å². The molecule has 1 saturated carbocycles. The van der Waals surface area contributed by atoms with Crippen LogP contribution in [0.25, 0.3) is 11.1 Å². The van der Waals surface area contributed by atoms with E-state index < -0.39 is 0 Å². The molecule has 5 rings (SSSR count). The van der Waals surface area contributed by atoms with Crippen molar-refractivity contribution in [1.29, 1.82) is 0 Å². The maximum atomic E-state index is 12.6. The number of likely N-dealkylation sites (tertiary alicyclic amines) is 1. The van der Waals surface area contributed by atoms with Gasteiger partial charge in [0.15, 0.2) is 0 Å². The van der Waals surface area contributed by atoms with Gasteiger partial charge in [-0.05, 0) is 85.7 Å². The summed E-state index contributed by atoms with van der Waals surface area (Å²) in [4.78, 5) is 17.4. The lowest BCUT2D eigenvalue weighted by Crippen LogP contribution is -2.35. The van der Waals surface area contributed by atoms with Crippen LogP contribution in [0.2, 0.25) is 0 Å². The van der Waals surface area contributed by atoms with Crippen molar-refractivity contribution in [2.45, 2.75) is 64.3 Å². The minimum atomic E-state index is 0.316. The molecule has 2 aromatic rings. The van der Waals surface area contributed by atoms with Crippen molar-refractivity contribution in [3.63, 3.8) is 0 Å². The average molecular weight is 417 g/mol. The van der Waals surface area contributed by atoms with Crippen LogP contribution in [0.1, 0.15) is 62.1 Å². The van der Waals surface area contributed by atoms with Crippen LogP contribution in [0, 0.1) is 5.92 Å². The molecule has 1 saturated heterocycles. The SMILES string of the molecule is C[C@@H]1CCCN1CCc1ccc(-c2ccc3c(c2)[C@@H](C)CN(C(=O)C2CC2)CC3)cc1. The zero-order valence-electron chi connectivity index (χ0n) is 19.1. The third kappa shape index (κ3) is 4.57. The van der Waals surface area contributed by atoms with Gasteiger partial charge in [0, 0.05) is 31.6 Å². The topological polar surface area (TPSA) is 23.6 Å². The van der Waals surface area contributed by atoms with E-state index in [4.69, 9.17) is 0 Å². The zero-order chi connectivity index (χ0) is 21.4. The fraction of sp³-hybridized carbons (Fsp3) is 0.536. The van der Waals surface area contributed by atoms with E-state index in [-0.39, 0.29) is 0 Å². The van der Waals surface area contributed by atoms with Crippen LogP contribution in [0.5, 0.6) is 0 Å². The minimum absolute atomic E-state index is 0.316. The molecule has 0 spiro atoms. The summed E-state index contributed by atoms with van der Waals surface area (Å²) in [7, 11) is 0. The molecule has 1 aliphatic carbocycles. The molecule has 31 heavy (non-hydrogen) atoms. The van der Waals surface area contributed by atoms with Gasteiger partial charge < -0.3 is 9.80 Å². The molecule has 0 bridgehead atoms. The molecular weight excluding hydrogens is 380 g/mol. The Morgan fingerprint density at radius 1 is 0.968 bits per heavy atom. The fourth-order valence-electron chi connectivity index (χ4n) is 5.49. The van der Waals surface area contributed by atoms with Crippen molar-refractivity contribution >= 4 is 5.91 Å². The highest BCUT2D eigenvalue weighted by Crippen LogP contribution is 2.35. The highest BCUT2D eigenvalue weighted by molar-refractivity contribution is 5.81. The predicted molar refractivity (Wildman–Crippen MR) is 127 cm³/mol. The lowest BCUT2D eigenvalue weighted by atomic mass is 9.91. The molecule has 3 heteroatoms. The Labute approximate surface area is 187 Å². The smallest absolute Gasteiger partial charge is 0.225 e. The number of fused-ring (bicyclic) bond motifs is 1. The molecule has 3 nitrogen and oxygen atoms in total. The maximum Gasteiger partial charge on any atom is 0.225 e. The Morgan fingerprint density at radius 2 is 1.74 bits per heavy atom. The van der Waals surface area contributed by atoms with Gasteiger partial charge in [0.25, 0.3) is 0 Å². The highest BCUT2D eigenvalue weighted by atomic mass is 16.2. The summed E-state index contributed by atoms with van der Waals surface area (Å²) in [5, 5.41) is 0. The first-order valence-electron chi connectivity index (χ1n) is 12.3. The summed E-state index contributed by atoms with van der Waals surface area (Å²) >= 11 is 0. The molecular formula is C28H36N2O. The van der Waals surface area contributed by atoms with Gasteiger partial charge in [-0.2, -0.15) is 0 Å². The van der Waals surface area contributed by atoms with Crippen molar-refractivity contribution in [2.75, 3.05) is 26.2 Å². The van der Waals surface area contributed by atoms with E-state index in [2.05, 4.69) is 66.1 Å². The predicted octanol–water partition coefficient (Wildman–Crippen LogP) is 5.28. The lowest BCUT2D eigenvalue weighted by molar-refractivity contribution is -0.132. The largest absolute Gasteiger partial charge is 0.342 e. The Bertz CT molecular complexity index is 931. The lowest BCUT2D eigenvalue weighted by Gasteiger charge is -2.23. The third-order valence-corrected chi connectivity index (χ3v) is 7.73. The molecule has 3 aliphatic rings. The van der Waals surface area contributed by atoms with Crippen LogP contribution in [0.3, 0.4) is 0 Å². The van der Waals surface area contributed by atoms with Crippen molar-refractivity contribution in [1.82, 2.24) is 9.80 Å². The second-order valence-electron chi connectivity index (χ2n) is 10.1. The van der Waals surface area contributed by atoms with Gasteiger partial charge in [-0.25, -0.2) is 0 Å². The van der Waals surface area contributed by atoms with Crippen molar-refractivity contribution in [2.24, 2.45) is 5.92 Å². The van der Waals surface area contributed by atoms with Gasteiger partial charge in [-0.1, -0.05) is 49.4 Å². The van der Waals surface area contributed by atoms with Crippen molar-refractivity contribution < 1.29 is 4.79 Å². The van der Waals surface area contributed by atoms with Crippen LogP contribution < -0.4 is 0 Å². The summed E-state index contributed by atoms with van der Waals surface area (Å²) in [5.74, 6) is 1.09. The number of nitrogens with zero attached hydrogens (tertiary/aromatic N) is 2. The number of carbonyl (C=O) groups excluding carboxylic acids is 1. The van der Waals surface area contributed by atoms with Gasteiger partial charge in [0.05, 0.1) is 0 Å². The quantitative estimate of drug-likeness (QED) is 0.662. The second-order valence-corrected chi connectivity index (χ2v) is 10.1. The minimum Gasteiger partial charge on any atom is -0.342 e. The molecule has 1 amide bonds. The first-order valence-corrected chi connectivity index (χ1v) is 12.3. The van der Waals surface area contributed by atoms with Gasteiger partial charge in [0.2, 0.25) is 5.91 Å². The molecule has 0 aromatic heterocycles. The Morgan fingerprint density at radius 3 is 2.45 bits per heavy atom. The Balaban J connectivity index is 1.27. The van der Waals surface area contributed by atoms with Gasteiger partial charge in [0.1, 0.15) is 0 Å². The van der Waals surface area contributed by atoms with Crippen LogP contribution >= 0.6 is 0 Å². The molecule has 2 heterocycles. The highest BCUT2D eigenvalue weighted by Gasteiger charge is 2.35. The first-order chi connectivity index (χ1) is 15.1. The van der Waals surface area contributed by atoms with E-state index >= 15 is 0 Å². The van der Waals surface area contributed by atoms with Crippen LogP contribution in [-0.4, -0.2) is 47.9 Å². The van der Waals surface area contributed by atoms with Crippen LogP contribution in [0.4, 0.5) is 0 Å². The standard InChI is InChI=1S/C28H36N2O/c1-20-19-30(28(31)25-10-11-25)17-14-24-9-12-26(18-27(20)24)23-7-5-22(6-8-23)13-16-29-15-3-4-21(29)2/h5-9,12,18,20-21,25H,3-4,10-11,13-17,19H2,1-2H3/t20-,21+/m0/s1. The van der Waals surface area contributed by atoms with Crippen LogP contribution in [-0.2, 0) is 17.6 Å². The van der Waals surface area contributed by atoms with Crippen molar-refractivity contribution in [3.05, 3.63) is 59.2 Å². The van der Waals surface area contributed by atoms with E-state index in [1.807, 2.05) is 0 Å². The number of hydrogen-bond acceptors (Lipinski definition) is 2. The van der Waals surface area contributed by atoms with E-state index in [0.29, 0.717) is 17.7 Å². The number of hydrogen-bond donors (Lipinski definition) is 0. The summed E-state index contributed by atoms with van der Waals surface area (Å²) in [5.41, 5.74) is 6.87. The Hall–Kier alpha value is -2.13. The molecule has 2 aromatic carbocycles. The molecule has 0 radical (unpaired) electrons. The maximum absolute atomic E-state index is 12.6. The summed E-state index contributed by atoms with van der Waals surface area (Å²) in [6.07, 6.45) is 7.00. The molecule has 0 unspecified atom stereocenters. The third-order valence-electron chi connectivity index (χ3n) is 7.73. The molecule has 2 atom stereocenters. The molecule has 164 valence electrons. The summed E-state index contributed by atoms with van der Waals surface area (Å²) in [6, 6.07) is 16.9.